The summed E-state index contributed by atoms with van der Waals surface area (Å²) in [7, 11) is 0. The molecule has 0 amide bonds. The van der Waals surface area contributed by atoms with Crippen molar-refractivity contribution in [1.82, 2.24) is 0 Å². The quantitative estimate of drug-likeness (QED) is 0.463. The van der Waals surface area contributed by atoms with Crippen molar-refractivity contribution in [3.63, 3.8) is 0 Å². The molecule has 4 nitrogen and oxygen atoms in total. The molecule has 1 fully saturated rings. The number of carboxylic acid groups (broad SMARTS) is 2. The van der Waals surface area contributed by atoms with E-state index in [-0.39, 0.29) is 6.42 Å². The van der Waals surface area contributed by atoms with E-state index in [4.69, 9.17) is 5.11 Å². The van der Waals surface area contributed by atoms with Gasteiger partial charge in [-0.3, -0.25) is 4.79 Å². The maximum atomic E-state index is 11.3. The third-order valence-corrected chi connectivity index (χ3v) is 4.20. The van der Waals surface area contributed by atoms with Crippen LogP contribution in [0.25, 0.3) is 0 Å². The Labute approximate surface area is 127 Å². The Morgan fingerprint density at radius 1 is 0.857 bits per heavy atom. The van der Waals surface area contributed by atoms with E-state index in [1.807, 2.05) is 6.08 Å². The average Bonchev–Trinajstić information content (AvgIpc) is 2.45. The van der Waals surface area contributed by atoms with Crippen LogP contribution in [-0.4, -0.2) is 22.2 Å². The van der Waals surface area contributed by atoms with E-state index in [0.717, 1.165) is 44.9 Å². The third-order valence-electron chi connectivity index (χ3n) is 4.20. The van der Waals surface area contributed by atoms with E-state index in [9.17, 15) is 14.7 Å². The molecule has 2 N–H and O–H groups in total. The van der Waals surface area contributed by atoms with Crippen LogP contribution in [-0.2, 0) is 9.59 Å². The van der Waals surface area contributed by atoms with Crippen molar-refractivity contribution in [2.45, 2.75) is 77.0 Å². The summed E-state index contributed by atoms with van der Waals surface area (Å²) in [5, 5.41) is 17.8. The van der Waals surface area contributed by atoms with E-state index in [2.05, 4.69) is 0 Å². The Morgan fingerprint density at radius 2 is 1.43 bits per heavy atom. The molecule has 0 aliphatic heterocycles. The molecule has 120 valence electrons. The molecule has 1 aliphatic carbocycles. The molecule has 0 bridgehead atoms. The van der Waals surface area contributed by atoms with Crippen LogP contribution < -0.4 is 0 Å². The van der Waals surface area contributed by atoms with Crippen molar-refractivity contribution in [1.29, 1.82) is 0 Å². The molecule has 1 saturated carbocycles. The Bertz CT molecular complexity index is 354. The molecule has 0 heterocycles. The van der Waals surface area contributed by atoms with Crippen LogP contribution in [0, 0.1) is 5.92 Å². The lowest BCUT2D eigenvalue weighted by atomic mass is 9.87. The number of aliphatic carboxylic acids is 2. The number of rotatable bonds is 10. The minimum absolute atomic E-state index is 0.238. The first-order chi connectivity index (χ1) is 10.1. The highest BCUT2D eigenvalue weighted by molar-refractivity contribution is 5.86. The number of carboxylic acids is 2. The second-order valence-corrected chi connectivity index (χ2v) is 6.06. The minimum atomic E-state index is -0.772. The van der Waals surface area contributed by atoms with Gasteiger partial charge in [0, 0.05) is 12.0 Å². The Morgan fingerprint density at radius 3 is 2.00 bits per heavy atom. The lowest BCUT2D eigenvalue weighted by Crippen LogP contribution is -2.08. The Kier molecular flexibility index (Phi) is 8.79. The normalized spacial score (nSPS) is 16.9. The molecule has 0 aromatic rings. The van der Waals surface area contributed by atoms with Gasteiger partial charge in [-0.05, 0) is 38.0 Å². The fourth-order valence-corrected chi connectivity index (χ4v) is 2.97. The summed E-state index contributed by atoms with van der Waals surface area (Å²) < 4.78 is 0. The SMILES string of the molecule is O=C(O)CCCCCCCC(=CC1CCCCC1)C(=O)O. The summed E-state index contributed by atoms with van der Waals surface area (Å²) in [6, 6.07) is 0. The van der Waals surface area contributed by atoms with Crippen molar-refractivity contribution < 1.29 is 19.8 Å². The van der Waals surface area contributed by atoms with Gasteiger partial charge in [0.1, 0.15) is 0 Å². The van der Waals surface area contributed by atoms with Gasteiger partial charge in [0.15, 0.2) is 0 Å². The van der Waals surface area contributed by atoms with Crippen LogP contribution in [0.1, 0.15) is 77.0 Å². The molecular weight excluding hydrogens is 268 g/mol. The smallest absolute Gasteiger partial charge is 0.331 e. The van der Waals surface area contributed by atoms with Gasteiger partial charge in [-0.15, -0.1) is 0 Å². The predicted octanol–water partition coefficient (Wildman–Crippen LogP) is 4.39. The number of hydrogen-bond acceptors (Lipinski definition) is 2. The largest absolute Gasteiger partial charge is 0.481 e. The zero-order valence-electron chi connectivity index (χ0n) is 12.9. The average molecular weight is 296 g/mol. The number of hydrogen-bond donors (Lipinski definition) is 2. The molecule has 1 rings (SSSR count). The standard InChI is InChI=1S/C17H28O4/c18-16(19)12-8-3-1-2-7-11-15(17(20)21)13-14-9-5-4-6-10-14/h13-14H,1-12H2,(H,18,19)(H,20,21). The van der Waals surface area contributed by atoms with E-state index < -0.39 is 11.9 Å². The summed E-state index contributed by atoms with van der Waals surface area (Å²) in [5.74, 6) is -1.05. The highest BCUT2D eigenvalue weighted by atomic mass is 16.4. The fourth-order valence-electron chi connectivity index (χ4n) is 2.97. The first kappa shape index (κ1) is 17.7. The summed E-state index contributed by atoms with van der Waals surface area (Å²) in [6.45, 7) is 0. The van der Waals surface area contributed by atoms with E-state index in [0.29, 0.717) is 17.9 Å². The van der Waals surface area contributed by atoms with Crippen LogP contribution in [0.3, 0.4) is 0 Å². The van der Waals surface area contributed by atoms with Crippen LogP contribution in [0.15, 0.2) is 11.6 Å². The second kappa shape index (κ2) is 10.4. The molecule has 0 saturated heterocycles. The molecular formula is C17H28O4. The molecule has 1 aliphatic rings. The first-order valence-electron chi connectivity index (χ1n) is 8.25. The number of carbonyl (C=O) groups is 2. The van der Waals surface area contributed by atoms with Crippen molar-refractivity contribution >= 4 is 11.9 Å². The van der Waals surface area contributed by atoms with Crippen molar-refractivity contribution in [2.24, 2.45) is 5.92 Å². The van der Waals surface area contributed by atoms with Gasteiger partial charge in [-0.1, -0.05) is 44.6 Å². The lowest BCUT2D eigenvalue weighted by Gasteiger charge is -2.19. The maximum Gasteiger partial charge on any atom is 0.331 e. The zero-order valence-corrected chi connectivity index (χ0v) is 12.9. The van der Waals surface area contributed by atoms with Gasteiger partial charge in [-0.2, -0.15) is 0 Å². The van der Waals surface area contributed by atoms with Gasteiger partial charge in [0.2, 0.25) is 0 Å². The summed E-state index contributed by atoms with van der Waals surface area (Å²) in [6.07, 6.45) is 13.4. The topological polar surface area (TPSA) is 74.6 Å². The van der Waals surface area contributed by atoms with Gasteiger partial charge in [0.05, 0.1) is 0 Å². The summed E-state index contributed by atoms with van der Waals surface area (Å²) in [4.78, 5) is 21.6. The molecule has 0 aromatic heterocycles. The van der Waals surface area contributed by atoms with Crippen LogP contribution in [0.2, 0.25) is 0 Å². The molecule has 0 atom stereocenters. The highest BCUT2D eigenvalue weighted by Crippen LogP contribution is 2.26. The second-order valence-electron chi connectivity index (χ2n) is 6.06. The van der Waals surface area contributed by atoms with Crippen molar-refractivity contribution in [3.8, 4) is 0 Å². The van der Waals surface area contributed by atoms with Crippen LogP contribution in [0.4, 0.5) is 0 Å². The third kappa shape index (κ3) is 8.53. The predicted molar refractivity (Wildman–Crippen MR) is 82.2 cm³/mol. The van der Waals surface area contributed by atoms with Crippen molar-refractivity contribution in [2.75, 3.05) is 0 Å². The summed E-state index contributed by atoms with van der Waals surface area (Å²) >= 11 is 0. The van der Waals surface area contributed by atoms with Crippen LogP contribution in [0.5, 0.6) is 0 Å². The molecule has 0 radical (unpaired) electrons. The molecule has 0 aromatic carbocycles. The van der Waals surface area contributed by atoms with Gasteiger partial charge in [-0.25, -0.2) is 4.79 Å². The number of unbranched alkanes of at least 4 members (excludes halogenated alkanes) is 4. The molecule has 0 unspecified atom stereocenters. The number of allylic oxidation sites excluding steroid dienone is 1. The van der Waals surface area contributed by atoms with E-state index >= 15 is 0 Å². The molecule has 4 heteroatoms. The first-order valence-corrected chi connectivity index (χ1v) is 8.25. The van der Waals surface area contributed by atoms with Gasteiger partial charge >= 0.3 is 11.9 Å². The van der Waals surface area contributed by atoms with Gasteiger partial charge < -0.3 is 10.2 Å². The van der Waals surface area contributed by atoms with E-state index in [1.54, 1.807) is 0 Å². The fraction of sp³-hybridized carbons (Fsp3) is 0.765. The zero-order chi connectivity index (χ0) is 15.5. The lowest BCUT2D eigenvalue weighted by molar-refractivity contribution is -0.137. The molecule has 21 heavy (non-hydrogen) atoms. The summed E-state index contributed by atoms with van der Waals surface area (Å²) in [5.41, 5.74) is 0.576. The van der Waals surface area contributed by atoms with Gasteiger partial charge in [0.25, 0.3) is 0 Å². The highest BCUT2D eigenvalue weighted by Gasteiger charge is 2.14. The maximum absolute atomic E-state index is 11.3. The van der Waals surface area contributed by atoms with Crippen LogP contribution >= 0.6 is 0 Å². The Hall–Kier alpha value is -1.32. The minimum Gasteiger partial charge on any atom is -0.481 e. The van der Waals surface area contributed by atoms with E-state index in [1.165, 1.54) is 19.3 Å². The molecule has 0 spiro atoms. The monoisotopic (exact) mass is 296 g/mol. The van der Waals surface area contributed by atoms with Crippen molar-refractivity contribution in [3.05, 3.63) is 11.6 Å². The Balaban J connectivity index is 2.20.